The summed E-state index contributed by atoms with van der Waals surface area (Å²) >= 11 is 0. The number of halogens is 1. The van der Waals surface area contributed by atoms with Crippen LogP contribution in [0, 0.1) is 13.8 Å². The van der Waals surface area contributed by atoms with Crippen LogP contribution in [0.1, 0.15) is 42.5 Å². The van der Waals surface area contributed by atoms with Crippen molar-refractivity contribution in [2.75, 3.05) is 0 Å². The number of benzene rings is 1. The van der Waals surface area contributed by atoms with Gasteiger partial charge in [0.25, 0.3) is 0 Å². The lowest BCUT2D eigenvalue weighted by atomic mass is 9.97. The molecule has 0 heterocycles. The van der Waals surface area contributed by atoms with Crippen molar-refractivity contribution >= 4 is 12.4 Å². The molecule has 0 amide bonds. The summed E-state index contributed by atoms with van der Waals surface area (Å²) in [5.74, 6) is 0. The smallest absolute Gasteiger partial charge is 0.0297 e. The molecule has 80 valence electrons. The fraction of sp³-hybridized carbons (Fsp3) is 0.500. The largest absolute Gasteiger partial charge is 0.324 e. The molecule has 14 heavy (non-hydrogen) atoms. The van der Waals surface area contributed by atoms with E-state index >= 15 is 0 Å². The van der Waals surface area contributed by atoms with Gasteiger partial charge in [-0.25, -0.2) is 0 Å². The Hall–Kier alpha value is -0.530. The van der Waals surface area contributed by atoms with Crippen LogP contribution in [0.2, 0.25) is 0 Å². The van der Waals surface area contributed by atoms with E-state index in [0.29, 0.717) is 0 Å². The second-order valence-corrected chi connectivity index (χ2v) is 3.76. The zero-order valence-electron chi connectivity index (χ0n) is 9.21. The SMILES string of the molecule is CCC[C@H](N)c1ccc(C)cc1C.Cl. The summed E-state index contributed by atoms with van der Waals surface area (Å²) < 4.78 is 0. The third kappa shape index (κ3) is 3.32. The van der Waals surface area contributed by atoms with Crippen molar-refractivity contribution in [3.8, 4) is 0 Å². The van der Waals surface area contributed by atoms with Crippen molar-refractivity contribution in [3.63, 3.8) is 0 Å². The molecule has 0 saturated carbocycles. The van der Waals surface area contributed by atoms with Crippen LogP contribution in [0.15, 0.2) is 18.2 Å². The van der Waals surface area contributed by atoms with Gasteiger partial charge in [0.2, 0.25) is 0 Å². The highest BCUT2D eigenvalue weighted by Gasteiger charge is 2.06. The average molecular weight is 214 g/mol. The summed E-state index contributed by atoms with van der Waals surface area (Å²) in [5, 5.41) is 0. The van der Waals surface area contributed by atoms with Gasteiger partial charge in [-0.1, -0.05) is 37.1 Å². The van der Waals surface area contributed by atoms with Gasteiger partial charge >= 0.3 is 0 Å². The molecule has 1 aromatic carbocycles. The number of rotatable bonds is 3. The number of aryl methyl sites for hydroxylation is 2. The van der Waals surface area contributed by atoms with Crippen molar-refractivity contribution in [2.45, 2.75) is 39.7 Å². The number of hydrogen-bond acceptors (Lipinski definition) is 1. The minimum atomic E-state index is 0. The van der Waals surface area contributed by atoms with Crippen LogP contribution < -0.4 is 5.73 Å². The molecule has 0 bridgehead atoms. The van der Waals surface area contributed by atoms with Gasteiger partial charge in [-0.3, -0.25) is 0 Å². The molecule has 0 aromatic heterocycles. The quantitative estimate of drug-likeness (QED) is 0.817. The van der Waals surface area contributed by atoms with E-state index in [-0.39, 0.29) is 18.4 Å². The fourth-order valence-electron chi connectivity index (χ4n) is 1.71. The van der Waals surface area contributed by atoms with E-state index in [9.17, 15) is 0 Å². The second kappa shape index (κ2) is 6.05. The summed E-state index contributed by atoms with van der Waals surface area (Å²) in [6.45, 7) is 6.42. The molecule has 0 radical (unpaired) electrons. The summed E-state index contributed by atoms with van der Waals surface area (Å²) in [6.07, 6.45) is 2.22. The van der Waals surface area contributed by atoms with Crippen LogP contribution >= 0.6 is 12.4 Å². The molecule has 0 fully saturated rings. The van der Waals surface area contributed by atoms with Gasteiger partial charge in [0.1, 0.15) is 0 Å². The lowest BCUT2D eigenvalue weighted by Gasteiger charge is -2.14. The average Bonchev–Trinajstić information content (AvgIpc) is 2.04. The van der Waals surface area contributed by atoms with E-state index < -0.39 is 0 Å². The van der Waals surface area contributed by atoms with Crippen LogP contribution in [0.5, 0.6) is 0 Å². The Morgan fingerprint density at radius 2 is 1.93 bits per heavy atom. The topological polar surface area (TPSA) is 26.0 Å². The first-order chi connectivity index (χ1) is 6.15. The lowest BCUT2D eigenvalue weighted by Crippen LogP contribution is -2.11. The van der Waals surface area contributed by atoms with Crippen molar-refractivity contribution in [2.24, 2.45) is 5.73 Å². The van der Waals surface area contributed by atoms with E-state index in [1.165, 1.54) is 16.7 Å². The Labute approximate surface area is 93.1 Å². The van der Waals surface area contributed by atoms with E-state index in [1.807, 2.05) is 0 Å². The summed E-state index contributed by atoms with van der Waals surface area (Å²) in [6, 6.07) is 6.71. The maximum Gasteiger partial charge on any atom is 0.0297 e. The summed E-state index contributed by atoms with van der Waals surface area (Å²) in [7, 11) is 0. The first kappa shape index (κ1) is 13.5. The van der Waals surface area contributed by atoms with Crippen molar-refractivity contribution in [1.29, 1.82) is 0 Å². The molecule has 2 heteroatoms. The Balaban J connectivity index is 0.00000169. The molecule has 0 aliphatic heterocycles. The zero-order chi connectivity index (χ0) is 9.84. The molecule has 0 unspecified atom stereocenters. The van der Waals surface area contributed by atoms with E-state index in [4.69, 9.17) is 5.73 Å². The third-order valence-electron chi connectivity index (χ3n) is 2.42. The third-order valence-corrected chi connectivity index (χ3v) is 2.42. The van der Waals surface area contributed by atoms with Gasteiger partial charge in [-0.15, -0.1) is 12.4 Å². The molecule has 1 aromatic rings. The highest BCUT2D eigenvalue weighted by molar-refractivity contribution is 5.85. The first-order valence-electron chi connectivity index (χ1n) is 4.98. The molecule has 1 atom stereocenters. The Morgan fingerprint density at radius 1 is 1.29 bits per heavy atom. The van der Waals surface area contributed by atoms with Gasteiger partial charge < -0.3 is 5.73 Å². The highest BCUT2D eigenvalue weighted by Crippen LogP contribution is 2.20. The van der Waals surface area contributed by atoms with Gasteiger partial charge in [0.15, 0.2) is 0 Å². The van der Waals surface area contributed by atoms with Gasteiger partial charge in [-0.2, -0.15) is 0 Å². The van der Waals surface area contributed by atoms with Crippen LogP contribution in [-0.4, -0.2) is 0 Å². The molecule has 0 spiro atoms. The summed E-state index contributed by atoms with van der Waals surface area (Å²) in [4.78, 5) is 0. The maximum absolute atomic E-state index is 6.06. The normalized spacial score (nSPS) is 12.0. The van der Waals surface area contributed by atoms with Crippen molar-refractivity contribution in [1.82, 2.24) is 0 Å². The van der Waals surface area contributed by atoms with E-state index in [1.54, 1.807) is 0 Å². The van der Waals surface area contributed by atoms with Crippen LogP contribution in [0.3, 0.4) is 0 Å². The molecule has 1 nitrogen and oxygen atoms in total. The molecule has 0 saturated heterocycles. The molecule has 1 rings (SSSR count). The molecule has 2 N–H and O–H groups in total. The van der Waals surface area contributed by atoms with Crippen molar-refractivity contribution < 1.29 is 0 Å². The minimum Gasteiger partial charge on any atom is -0.324 e. The highest BCUT2D eigenvalue weighted by atomic mass is 35.5. The Morgan fingerprint density at radius 3 is 2.43 bits per heavy atom. The summed E-state index contributed by atoms with van der Waals surface area (Å²) in [5.41, 5.74) is 9.99. The predicted molar refractivity (Wildman–Crippen MR) is 65.0 cm³/mol. The van der Waals surface area contributed by atoms with Gasteiger partial charge in [0, 0.05) is 6.04 Å². The van der Waals surface area contributed by atoms with E-state index in [0.717, 1.165) is 12.8 Å². The first-order valence-corrected chi connectivity index (χ1v) is 4.98. The van der Waals surface area contributed by atoms with Crippen molar-refractivity contribution in [3.05, 3.63) is 34.9 Å². The van der Waals surface area contributed by atoms with E-state index in [2.05, 4.69) is 39.0 Å². The zero-order valence-corrected chi connectivity index (χ0v) is 10.0. The fourth-order valence-corrected chi connectivity index (χ4v) is 1.71. The molecule has 0 aliphatic carbocycles. The van der Waals surface area contributed by atoms with Crippen LogP contribution in [0.4, 0.5) is 0 Å². The minimum absolute atomic E-state index is 0. The predicted octanol–water partition coefficient (Wildman–Crippen LogP) is 3.53. The Kier molecular flexibility index (Phi) is 5.82. The molecular formula is C12H20ClN. The van der Waals surface area contributed by atoms with Crippen LogP contribution in [0.25, 0.3) is 0 Å². The monoisotopic (exact) mass is 213 g/mol. The molecular weight excluding hydrogens is 194 g/mol. The molecule has 0 aliphatic rings. The maximum atomic E-state index is 6.06. The Bertz CT molecular complexity index is 284. The standard InChI is InChI=1S/C12H19N.ClH/c1-4-5-12(13)11-7-6-9(2)8-10(11)3;/h6-8,12H,4-5,13H2,1-3H3;1H/t12-;/m0./s1. The number of nitrogens with two attached hydrogens (primary N) is 1. The second-order valence-electron chi connectivity index (χ2n) is 3.76. The number of hydrogen-bond donors (Lipinski definition) is 1. The lowest BCUT2D eigenvalue weighted by molar-refractivity contribution is 0.635. The van der Waals surface area contributed by atoms with Gasteiger partial charge in [-0.05, 0) is 31.4 Å². The van der Waals surface area contributed by atoms with Crippen LogP contribution in [-0.2, 0) is 0 Å². The van der Waals surface area contributed by atoms with Gasteiger partial charge in [0.05, 0.1) is 0 Å².